The van der Waals surface area contributed by atoms with Gasteiger partial charge in [0.1, 0.15) is 18.2 Å². The second-order valence-electron chi connectivity index (χ2n) is 8.45. The average Bonchev–Trinajstić information content (AvgIpc) is 3.46. The summed E-state index contributed by atoms with van der Waals surface area (Å²) in [6, 6.07) is 23.4. The van der Waals surface area contributed by atoms with Crippen LogP contribution in [-0.4, -0.2) is 42.3 Å². The van der Waals surface area contributed by atoms with Crippen LogP contribution in [0.5, 0.6) is 17.2 Å². The molecule has 0 radical (unpaired) electrons. The number of rotatable bonds is 9. The quantitative estimate of drug-likeness (QED) is 0.342. The molecule has 0 spiro atoms. The summed E-state index contributed by atoms with van der Waals surface area (Å²) in [5.74, 6) is 3.17. The van der Waals surface area contributed by atoms with Gasteiger partial charge in [0.25, 0.3) is 0 Å². The van der Waals surface area contributed by atoms with Crippen LogP contribution >= 0.6 is 0 Å². The highest BCUT2D eigenvalue weighted by Gasteiger charge is 2.35. The molecule has 5 rings (SSSR count). The van der Waals surface area contributed by atoms with Crippen LogP contribution in [0.25, 0.3) is 11.0 Å². The van der Waals surface area contributed by atoms with E-state index in [9.17, 15) is 4.79 Å². The Balaban J connectivity index is 1.39. The standard InChI is InChI=1S/C28H29N3O4/c1-3-34-25-13-6-7-14-26(25)35-16-15-30-24-12-5-4-11-23(24)29-28(30)20-17-27(32)31(19-20)21-9-8-10-22(18-21)33-2/h4-14,18,20H,3,15-17,19H2,1-2H3. The van der Waals surface area contributed by atoms with E-state index in [0.29, 0.717) is 32.7 Å². The fraction of sp³-hybridized carbons (Fsp3) is 0.286. The molecule has 1 amide bonds. The maximum atomic E-state index is 13.0. The first-order chi connectivity index (χ1) is 17.2. The number of fused-ring (bicyclic) bond motifs is 1. The number of para-hydroxylation sites is 4. The van der Waals surface area contributed by atoms with Gasteiger partial charge in [0.15, 0.2) is 11.5 Å². The lowest BCUT2D eigenvalue weighted by molar-refractivity contribution is -0.117. The summed E-state index contributed by atoms with van der Waals surface area (Å²) >= 11 is 0. The number of amides is 1. The van der Waals surface area contributed by atoms with Crippen molar-refractivity contribution < 1.29 is 19.0 Å². The van der Waals surface area contributed by atoms with E-state index >= 15 is 0 Å². The molecular weight excluding hydrogens is 442 g/mol. The van der Waals surface area contributed by atoms with Crippen LogP contribution in [0, 0.1) is 0 Å². The van der Waals surface area contributed by atoms with E-state index in [4.69, 9.17) is 19.2 Å². The van der Waals surface area contributed by atoms with Gasteiger partial charge in [-0.1, -0.05) is 30.3 Å². The van der Waals surface area contributed by atoms with Gasteiger partial charge in [-0.2, -0.15) is 0 Å². The fourth-order valence-corrected chi connectivity index (χ4v) is 4.64. The van der Waals surface area contributed by atoms with Crippen molar-refractivity contribution in [1.29, 1.82) is 0 Å². The fourth-order valence-electron chi connectivity index (χ4n) is 4.64. The molecule has 1 aliphatic rings. The summed E-state index contributed by atoms with van der Waals surface area (Å²) < 4.78 is 19.3. The monoisotopic (exact) mass is 471 g/mol. The number of carbonyl (C=O) groups is 1. The van der Waals surface area contributed by atoms with Crippen molar-refractivity contribution in [1.82, 2.24) is 9.55 Å². The lowest BCUT2D eigenvalue weighted by Gasteiger charge is -2.18. The van der Waals surface area contributed by atoms with Crippen LogP contribution < -0.4 is 19.1 Å². The topological polar surface area (TPSA) is 65.8 Å². The molecule has 0 aliphatic carbocycles. The minimum Gasteiger partial charge on any atom is -0.497 e. The van der Waals surface area contributed by atoms with E-state index < -0.39 is 0 Å². The third-order valence-electron chi connectivity index (χ3n) is 6.26. The smallest absolute Gasteiger partial charge is 0.227 e. The molecule has 0 saturated carbocycles. The number of imidazole rings is 1. The predicted molar refractivity (Wildman–Crippen MR) is 136 cm³/mol. The normalized spacial score (nSPS) is 15.5. The highest BCUT2D eigenvalue weighted by Crippen LogP contribution is 2.34. The summed E-state index contributed by atoms with van der Waals surface area (Å²) in [4.78, 5) is 19.8. The van der Waals surface area contributed by atoms with Crippen LogP contribution in [0.15, 0.2) is 72.8 Å². The molecule has 0 N–H and O–H groups in total. The predicted octanol–water partition coefficient (Wildman–Crippen LogP) is 5.04. The van der Waals surface area contributed by atoms with Gasteiger partial charge in [-0.05, 0) is 43.3 Å². The molecule has 1 atom stereocenters. The number of carbonyl (C=O) groups excluding carboxylic acids is 1. The van der Waals surface area contributed by atoms with E-state index in [1.165, 1.54) is 0 Å². The maximum absolute atomic E-state index is 13.0. The first-order valence-corrected chi connectivity index (χ1v) is 11.9. The Morgan fingerprint density at radius 1 is 0.971 bits per heavy atom. The average molecular weight is 472 g/mol. The molecule has 7 heteroatoms. The van der Waals surface area contributed by atoms with Crippen LogP contribution in [0.1, 0.15) is 25.1 Å². The Morgan fingerprint density at radius 3 is 2.54 bits per heavy atom. The lowest BCUT2D eigenvalue weighted by atomic mass is 10.1. The highest BCUT2D eigenvalue weighted by atomic mass is 16.5. The van der Waals surface area contributed by atoms with Crippen LogP contribution in [0.2, 0.25) is 0 Å². The molecule has 1 aromatic heterocycles. The molecule has 7 nitrogen and oxygen atoms in total. The maximum Gasteiger partial charge on any atom is 0.227 e. The van der Waals surface area contributed by atoms with Gasteiger partial charge >= 0.3 is 0 Å². The second-order valence-corrected chi connectivity index (χ2v) is 8.45. The minimum absolute atomic E-state index is 0.0168. The van der Waals surface area contributed by atoms with Crippen molar-refractivity contribution in [2.75, 3.05) is 31.8 Å². The molecular formula is C28H29N3O4. The molecule has 1 fully saturated rings. The molecule has 4 aromatic rings. The largest absolute Gasteiger partial charge is 0.497 e. The Labute approximate surface area is 204 Å². The van der Waals surface area contributed by atoms with E-state index in [0.717, 1.165) is 39.8 Å². The van der Waals surface area contributed by atoms with Crippen LogP contribution in [-0.2, 0) is 11.3 Å². The summed E-state index contributed by atoms with van der Waals surface area (Å²) in [7, 11) is 1.63. The summed E-state index contributed by atoms with van der Waals surface area (Å²) in [5.41, 5.74) is 2.80. The van der Waals surface area contributed by atoms with Crippen molar-refractivity contribution in [2.45, 2.75) is 25.8 Å². The highest BCUT2D eigenvalue weighted by molar-refractivity contribution is 5.96. The van der Waals surface area contributed by atoms with Gasteiger partial charge in [0.05, 0.1) is 31.3 Å². The number of hydrogen-bond donors (Lipinski definition) is 0. The SMILES string of the molecule is CCOc1ccccc1OCCn1c(C2CC(=O)N(c3cccc(OC)c3)C2)nc2ccccc21. The minimum atomic E-state index is -0.0168. The van der Waals surface area contributed by atoms with Crippen LogP contribution in [0.3, 0.4) is 0 Å². The summed E-state index contributed by atoms with van der Waals surface area (Å²) in [6.45, 7) is 4.18. The van der Waals surface area contributed by atoms with E-state index in [1.54, 1.807) is 7.11 Å². The summed E-state index contributed by atoms with van der Waals surface area (Å²) in [5, 5.41) is 0. The van der Waals surface area contributed by atoms with E-state index in [1.807, 2.05) is 78.6 Å². The third-order valence-corrected chi connectivity index (χ3v) is 6.26. The van der Waals surface area contributed by atoms with Crippen molar-refractivity contribution in [3.63, 3.8) is 0 Å². The number of methoxy groups -OCH3 is 1. The Hall–Kier alpha value is -4.00. The molecule has 35 heavy (non-hydrogen) atoms. The van der Waals surface area contributed by atoms with Gasteiger partial charge in [0.2, 0.25) is 5.91 Å². The van der Waals surface area contributed by atoms with Gasteiger partial charge in [-0.25, -0.2) is 4.98 Å². The first-order valence-electron chi connectivity index (χ1n) is 11.9. The number of anilines is 1. The zero-order chi connectivity index (χ0) is 24.2. The van der Waals surface area contributed by atoms with E-state index in [2.05, 4.69) is 10.6 Å². The molecule has 2 heterocycles. The molecule has 180 valence electrons. The number of nitrogens with zero attached hydrogens (tertiary/aromatic N) is 3. The van der Waals surface area contributed by atoms with Crippen molar-refractivity contribution in [2.24, 2.45) is 0 Å². The number of hydrogen-bond acceptors (Lipinski definition) is 5. The number of benzene rings is 3. The number of ether oxygens (including phenoxy) is 3. The van der Waals surface area contributed by atoms with Crippen LogP contribution in [0.4, 0.5) is 5.69 Å². The second kappa shape index (κ2) is 10.1. The third kappa shape index (κ3) is 4.67. The molecule has 0 bridgehead atoms. The molecule has 1 aliphatic heterocycles. The lowest BCUT2D eigenvalue weighted by Crippen LogP contribution is -2.24. The Kier molecular flexibility index (Phi) is 6.57. The Bertz CT molecular complexity index is 1330. The van der Waals surface area contributed by atoms with Gasteiger partial charge < -0.3 is 23.7 Å². The molecule has 3 aromatic carbocycles. The Morgan fingerprint density at radius 2 is 1.74 bits per heavy atom. The first kappa shape index (κ1) is 22.8. The van der Waals surface area contributed by atoms with Gasteiger partial charge in [-0.3, -0.25) is 4.79 Å². The van der Waals surface area contributed by atoms with E-state index in [-0.39, 0.29) is 11.8 Å². The van der Waals surface area contributed by atoms with Crippen molar-refractivity contribution in [3.8, 4) is 17.2 Å². The molecule has 1 saturated heterocycles. The number of aromatic nitrogens is 2. The van der Waals surface area contributed by atoms with Crippen molar-refractivity contribution in [3.05, 3.63) is 78.6 Å². The zero-order valence-electron chi connectivity index (χ0n) is 20.0. The zero-order valence-corrected chi connectivity index (χ0v) is 20.0. The molecule has 1 unspecified atom stereocenters. The van der Waals surface area contributed by atoms with Gasteiger partial charge in [0, 0.05) is 30.6 Å². The van der Waals surface area contributed by atoms with Gasteiger partial charge in [-0.15, -0.1) is 0 Å². The summed E-state index contributed by atoms with van der Waals surface area (Å²) in [6.07, 6.45) is 0.411. The van der Waals surface area contributed by atoms with Crippen molar-refractivity contribution >= 4 is 22.6 Å².